The normalized spacial score (nSPS) is 28.8. The van der Waals surface area contributed by atoms with Crippen LogP contribution in [0.5, 0.6) is 0 Å². The maximum atomic E-state index is 11.7. The molecule has 1 aromatic carbocycles. The molecule has 0 saturated carbocycles. The monoisotopic (exact) mass is 343 g/mol. The number of nitrogens with zero attached hydrogens (tertiary/aromatic N) is 3. The highest BCUT2D eigenvalue weighted by molar-refractivity contribution is 5.70. The molecule has 1 amide bonds. The average molecular weight is 343 g/mol. The van der Waals surface area contributed by atoms with E-state index in [0.717, 1.165) is 39.0 Å². The third kappa shape index (κ3) is 3.67. The van der Waals surface area contributed by atoms with Crippen molar-refractivity contribution >= 4 is 6.09 Å². The Morgan fingerprint density at radius 1 is 1.12 bits per heavy atom. The number of ether oxygens (including phenoxy) is 1. The highest BCUT2D eigenvalue weighted by atomic mass is 16.6. The third-order valence-corrected chi connectivity index (χ3v) is 6.12. The summed E-state index contributed by atoms with van der Waals surface area (Å²) in [5, 5.41) is 0. The maximum Gasteiger partial charge on any atom is 0.410 e. The number of benzene rings is 1. The van der Waals surface area contributed by atoms with Gasteiger partial charge in [0.05, 0.1) is 6.54 Å². The smallest absolute Gasteiger partial charge is 0.410 e. The fraction of sp³-hybridized carbons (Fsp3) is 0.650. The highest BCUT2D eigenvalue weighted by Crippen LogP contribution is 2.34. The van der Waals surface area contributed by atoms with Gasteiger partial charge in [-0.1, -0.05) is 30.3 Å². The Labute approximate surface area is 150 Å². The zero-order valence-electron chi connectivity index (χ0n) is 15.2. The Balaban J connectivity index is 1.23. The number of carbonyl (C=O) groups excluding carboxylic acids is 1. The lowest BCUT2D eigenvalue weighted by molar-refractivity contribution is 0.0510. The van der Waals surface area contributed by atoms with Crippen LogP contribution in [0.15, 0.2) is 30.3 Å². The van der Waals surface area contributed by atoms with Gasteiger partial charge < -0.3 is 14.5 Å². The van der Waals surface area contributed by atoms with Gasteiger partial charge in [-0.15, -0.1) is 0 Å². The molecule has 0 radical (unpaired) electrons. The van der Waals surface area contributed by atoms with Crippen molar-refractivity contribution in [2.45, 2.75) is 37.3 Å². The summed E-state index contributed by atoms with van der Waals surface area (Å²) in [6, 6.07) is 11.4. The van der Waals surface area contributed by atoms with Gasteiger partial charge in [0, 0.05) is 39.1 Å². The van der Waals surface area contributed by atoms with Crippen molar-refractivity contribution in [2.75, 3.05) is 46.3 Å². The molecule has 0 N–H and O–H groups in total. The fourth-order valence-corrected chi connectivity index (χ4v) is 4.63. The molecule has 136 valence electrons. The lowest BCUT2D eigenvalue weighted by Crippen LogP contribution is -2.46. The Hall–Kier alpha value is -1.59. The summed E-state index contributed by atoms with van der Waals surface area (Å²) in [5.74, 6) is 0. The summed E-state index contributed by atoms with van der Waals surface area (Å²) >= 11 is 0. The van der Waals surface area contributed by atoms with Crippen LogP contribution in [0, 0.1) is 0 Å². The molecule has 25 heavy (non-hydrogen) atoms. The molecule has 1 spiro atoms. The van der Waals surface area contributed by atoms with Gasteiger partial charge in [-0.05, 0) is 37.9 Å². The number of likely N-dealkylation sites (N-methyl/N-ethyl adjacent to an activating group) is 1. The Bertz CT molecular complexity index is 600. The standard InChI is InChI=1S/C20H29N3O2/c1-21-15-20(25-19(21)24)10-14-23(16-20)18-8-12-22(13-9-18)11-7-17-5-3-2-4-6-17/h2-6,18H,7-16H2,1H3/t20-/m0/s1. The van der Waals surface area contributed by atoms with Crippen LogP contribution in [0.1, 0.15) is 24.8 Å². The summed E-state index contributed by atoms with van der Waals surface area (Å²) in [5.41, 5.74) is 1.19. The van der Waals surface area contributed by atoms with Crippen molar-refractivity contribution in [1.82, 2.24) is 14.7 Å². The quantitative estimate of drug-likeness (QED) is 0.840. The van der Waals surface area contributed by atoms with E-state index in [0.29, 0.717) is 6.04 Å². The van der Waals surface area contributed by atoms with Crippen molar-refractivity contribution < 1.29 is 9.53 Å². The van der Waals surface area contributed by atoms with Crippen LogP contribution in [0.25, 0.3) is 0 Å². The predicted molar refractivity (Wildman–Crippen MR) is 97.6 cm³/mol. The first kappa shape index (κ1) is 16.9. The molecule has 3 saturated heterocycles. The van der Waals surface area contributed by atoms with Crippen LogP contribution >= 0.6 is 0 Å². The zero-order valence-corrected chi connectivity index (χ0v) is 15.2. The van der Waals surface area contributed by atoms with Crippen molar-refractivity contribution in [3.8, 4) is 0 Å². The number of piperidine rings is 1. The van der Waals surface area contributed by atoms with Crippen LogP contribution < -0.4 is 0 Å². The molecule has 0 bridgehead atoms. The van der Waals surface area contributed by atoms with E-state index >= 15 is 0 Å². The molecule has 3 aliphatic rings. The first-order valence-corrected chi connectivity index (χ1v) is 9.58. The van der Waals surface area contributed by atoms with Crippen LogP contribution in [0.2, 0.25) is 0 Å². The molecule has 3 aliphatic heterocycles. The summed E-state index contributed by atoms with van der Waals surface area (Å²) in [7, 11) is 1.84. The Morgan fingerprint density at radius 3 is 2.56 bits per heavy atom. The van der Waals surface area contributed by atoms with E-state index in [2.05, 4.69) is 40.1 Å². The molecule has 5 heteroatoms. The highest BCUT2D eigenvalue weighted by Gasteiger charge is 2.49. The molecule has 3 heterocycles. The second-order valence-corrected chi connectivity index (χ2v) is 7.94. The molecule has 0 unspecified atom stereocenters. The maximum absolute atomic E-state index is 11.7. The second kappa shape index (κ2) is 6.96. The van der Waals surface area contributed by atoms with Gasteiger partial charge in [0.15, 0.2) is 0 Å². The van der Waals surface area contributed by atoms with E-state index in [1.165, 1.54) is 31.5 Å². The van der Waals surface area contributed by atoms with Gasteiger partial charge in [0.25, 0.3) is 0 Å². The Kier molecular flexibility index (Phi) is 4.69. The number of likely N-dealkylation sites (tertiary alicyclic amines) is 2. The molecular formula is C20H29N3O2. The lowest BCUT2D eigenvalue weighted by Gasteiger charge is -2.37. The van der Waals surface area contributed by atoms with Crippen LogP contribution in [-0.4, -0.2) is 78.8 Å². The van der Waals surface area contributed by atoms with E-state index in [9.17, 15) is 4.79 Å². The van der Waals surface area contributed by atoms with E-state index in [1.54, 1.807) is 4.90 Å². The van der Waals surface area contributed by atoms with Crippen LogP contribution in [0.4, 0.5) is 4.79 Å². The van der Waals surface area contributed by atoms with Crippen LogP contribution in [0.3, 0.4) is 0 Å². The molecule has 0 aliphatic carbocycles. The van der Waals surface area contributed by atoms with Gasteiger partial charge in [0.2, 0.25) is 0 Å². The summed E-state index contributed by atoms with van der Waals surface area (Å²) < 4.78 is 5.69. The molecular weight excluding hydrogens is 314 g/mol. The van der Waals surface area contributed by atoms with Crippen LogP contribution in [-0.2, 0) is 11.2 Å². The fourth-order valence-electron chi connectivity index (χ4n) is 4.63. The van der Waals surface area contributed by atoms with Gasteiger partial charge in [0.1, 0.15) is 5.60 Å². The number of hydrogen-bond acceptors (Lipinski definition) is 4. The Morgan fingerprint density at radius 2 is 1.88 bits per heavy atom. The number of hydrogen-bond donors (Lipinski definition) is 0. The summed E-state index contributed by atoms with van der Waals surface area (Å²) in [6.07, 6.45) is 4.43. The predicted octanol–water partition coefficient (Wildman–Crippen LogP) is 2.22. The minimum Gasteiger partial charge on any atom is -0.439 e. The van der Waals surface area contributed by atoms with Crippen molar-refractivity contribution in [3.63, 3.8) is 0 Å². The molecule has 5 nitrogen and oxygen atoms in total. The van der Waals surface area contributed by atoms with E-state index < -0.39 is 0 Å². The van der Waals surface area contributed by atoms with Crippen molar-refractivity contribution in [3.05, 3.63) is 35.9 Å². The number of rotatable bonds is 4. The van der Waals surface area contributed by atoms with Crippen molar-refractivity contribution in [2.24, 2.45) is 0 Å². The molecule has 4 rings (SSSR count). The SMILES string of the molecule is CN1C[C@]2(CCN(C3CCN(CCc4ccccc4)CC3)C2)OC1=O. The topological polar surface area (TPSA) is 36.0 Å². The minimum atomic E-state index is -0.240. The largest absolute Gasteiger partial charge is 0.439 e. The molecule has 1 aromatic rings. The van der Waals surface area contributed by atoms with Crippen molar-refractivity contribution in [1.29, 1.82) is 0 Å². The number of amides is 1. The lowest BCUT2D eigenvalue weighted by atomic mass is 10.0. The minimum absolute atomic E-state index is 0.155. The van der Waals surface area contributed by atoms with Gasteiger partial charge in [-0.2, -0.15) is 0 Å². The van der Waals surface area contributed by atoms with E-state index in [-0.39, 0.29) is 11.7 Å². The van der Waals surface area contributed by atoms with E-state index in [4.69, 9.17) is 4.74 Å². The zero-order chi connectivity index (χ0) is 17.3. The molecule has 3 fully saturated rings. The first-order chi connectivity index (χ1) is 12.1. The second-order valence-electron chi connectivity index (χ2n) is 7.94. The summed E-state index contributed by atoms with van der Waals surface area (Å²) in [4.78, 5) is 18.6. The molecule has 1 atom stereocenters. The molecule has 0 aromatic heterocycles. The third-order valence-electron chi connectivity index (χ3n) is 6.12. The number of carbonyl (C=O) groups is 1. The van der Waals surface area contributed by atoms with Gasteiger partial charge in [-0.3, -0.25) is 4.90 Å². The van der Waals surface area contributed by atoms with Gasteiger partial charge >= 0.3 is 6.09 Å². The first-order valence-electron chi connectivity index (χ1n) is 9.58. The average Bonchev–Trinajstić information content (AvgIpc) is 3.17. The van der Waals surface area contributed by atoms with Gasteiger partial charge in [-0.25, -0.2) is 4.79 Å². The summed E-state index contributed by atoms with van der Waals surface area (Å²) in [6.45, 7) is 6.25. The van der Waals surface area contributed by atoms with E-state index in [1.807, 2.05) is 7.05 Å².